The monoisotopic (exact) mass is 390 g/mol. The highest BCUT2D eigenvalue weighted by Crippen LogP contribution is 2.26. The summed E-state index contributed by atoms with van der Waals surface area (Å²) in [5, 5.41) is 10.5. The fourth-order valence-corrected chi connectivity index (χ4v) is 4.30. The van der Waals surface area contributed by atoms with E-state index in [0.29, 0.717) is 12.3 Å². The maximum absolute atomic E-state index is 12.9. The molecular formula is C22H22N4OS. The summed E-state index contributed by atoms with van der Waals surface area (Å²) < 4.78 is 2.03. The number of carbonyl (C=O) groups excluding carboxylic acids is 1. The van der Waals surface area contributed by atoms with Gasteiger partial charge in [-0.1, -0.05) is 42.1 Å². The van der Waals surface area contributed by atoms with Crippen molar-refractivity contribution in [3.05, 3.63) is 65.7 Å². The lowest BCUT2D eigenvalue weighted by molar-refractivity contribution is -0.116. The maximum atomic E-state index is 12.9. The second kappa shape index (κ2) is 7.64. The number of benzene rings is 2. The molecule has 4 aromatic rings. The second-order valence-electron chi connectivity index (χ2n) is 6.79. The van der Waals surface area contributed by atoms with Crippen molar-refractivity contribution < 1.29 is 4.79 Å². The van der Waals surface area contributed by atoms with Gasteiger partial charge in [-0.2, -0.15) is 0 Å². The van der Waals surface area contributed by atoms with Crippen molar-refractivity contribution in [2.75, 3.05) is 17.2 Å². The summed E-state index contributed by atoms with van der Waals surface area (Å²) >= 11 is 1.43. The van der Waals surface area contributed by atoms with E-state index in [2.05, 4.69) is 29.3 Å². The molecule has 5 nitrogen and oxygen atoms in total. The molecule has 2 aromatic heterocycles. The first-order valence-electron chi connectivity index (χ1n) is 9.32. The number of amides is 1. The predicted molar refractivity (Wildman–Crippen MR) is 115 cm³/mol. The lowest BCUT2D eigenvalue weighted by Gasteiger charge is -2.21. The molecule has 0 spiro atoms. The molecule has 0 aliphatic carbocycles. The Bertz CT molecular complexity index is 1170. The van der Waals surface area contributed by atoms with Crippen LogP contribution < -0.4 is 4.90 Å². The fraction of sp³-hybridized carbons (Fsp3) is 0.227. The third-order valence-corrected chi connectivity index (χ3v) is 5.74. The molecule has 0 atom stereocenters. The number of nitrogens with zero attached hydrogens (tertiary/aromatic N) is 4. The van der Waals surface area contributed by atoms with Crippen LogP contribution in [0.3, 0.4) is 0 Å². The van der Waals surface area contributed by atoms with Crippen molar-refractivity contribution in [3.63, 3.8) is 0 Å². The molecule has 28 heavy (non-hydrogen) atoms. The van der Waals surface area contributed by atoms with Crippen molar-refractivity contribution in [1.29, 1.82) is 0 Å². The minimum absolute atomic E-state index is 0.0614. The van der Waals surface area contributed by atoms with Crippen LogP contribution in [0.1, 0.15) is 18.1 Å². The highest BCUT2D eigenvalue weighted by molar-refractivity contribution is 7.99. The Labute approximate surface area is 168 Å². The van der Waals surface area contributed by atoms with Crippen LogP contribution in [0.25, 0.3) is 16.6 Å². The molecule has 0 aliphatic heterocycles. The average Bonchev–Trinajstić information content (AvgIpc) is 3.10. The number of fused-ring (bicyclic) bond motifs is 3. The lowest BCUT2D eigenvalue weighted by atomic mass is 10.1. The standard InChI is InChI=1S/C22H22N4OS/c1-4-25(17-9-7-8-15(2)12-17)21(27)14-28-22-24-23-20-13-16(3)18-10-5-6-11-19(18)26(20)22/h5-13H,4,14H2,1-3H3. The first-order chi connectivity index (χ1) is 13.6. The Kier molecular flexibility index (Phi) is 5.05. The van der Waals surface area contributed by atoms with Crippen molar-refractivity contribution in [3.8, 4) is 0 Å². The molecule has 1 amide bonds. The van der Waals surface area contributed by atoms with Crippen molar-refractivity contribution >= 4 is 39.9 Å². The Balaban J connectivity index is 1.62. The maximum Gasteiger partial charge on any atom is 0.237 e. The van der Waals surface area contributed by atoms with E-state index in [-0.39, 0.29) is 5.91 Å². The predicted octanol–water partition coefficient (Wildman–Crippen LogP) is 4.64. The summed E-state index contributed by atoms with van der Waals surface area (Å²) in [4.78, 5) is 14.7. The minimum atomic E-state index is 0.0614. The summed E-state index contributed by atoms with van der Waals surface area (Å²) in [6, 6.07) is 18.3. The summed E-state index contributed by atoms with van der Waals surface area (Å²) in [6.07, 6.45) is 0. The zero-order valence-electron chi connectivity index (χ0n) is 16.2. The number of hydrogen-bond donors (Lipinski definition) is 0. The summed E-state index contributed by atoms with van der Waals surface area (Å²) in [5.74, 6) is 0.372. The average molecular weight is 391 g/mol. The third kappa shape index (κ3) is 3.36. The van der Waals surface area contributed by atoms with Crippen LogP contribution in [0.2, 0.25) is 0 Å². The van der Waals surface area contributed by atoms with Gasteiger partial charge in [0.15, 0.2) is 10.8 Å². The first-order valence-corrected chi connectivity index (χ1v) is 10.3. The van der Waals surface area contributed by atoms with Gasteiger partial charge in [-0.25, -0.2) is 0 Å². The summed E-state index contributed by atoms with van der Waals surface area (Å²) in [7, 11) is 0. The van der Waals surface area contributed by atoms with Crippen LogP contribution in [-0.2, 0) is 4.79 Å². The Morgan fingerprint density at radius 3 is 2.68 bits per heavy atom. The van der Waals surface area contributed by atoms with Gasteiger partial charge in [0.2, 0.25) is 5.91 Å². The van der Waals surface area contributed by atoms with Gasteiger partial charge in [0.05, 0.1) is 11.3 Å². The molecule has 0 aliphatic rings. The number of rotatable bonds is 5. The molecule has 4 rings (SSSR count). The number of pyridine rings is 1. The molecule has 0 saturated carbocycles. The Morgan fingerprint density at radius 2 is 1.89 bits per heavy atom. The molecule has 2 heterocycles. The van der Waals surface area contributed by atoms with Crippen molar-refractivity contribution in [1.82, 2.24) is 14.6 Å². The molecule has 0 bridgehead atoms. The van der Waals surface area contributed by atoms with Crippen LogP contribution in [0.15, 0.2) is 59.8 Å². The first kappa shape index (κ1) is 18.5. The van der Waals surface area contributed by atoms with E-state index in [1.807, 2.05) is 65.6 Å². The molecule has 0 radical (unpaired) electrons. The molecule has 0 fully saturated rings. The normalized spacial score (nSPS) is 11.2. The topological polar surface area (TPSA) is 50.5 Å². The summed E-state index contributed by atoms with van der Waals surface area (Å²) in [6.45, 7) is 6.74. The zero-order chi connectivity index (χ0) is 19.7. The van der Waals surface area contributed by atoms with Crippen LogP contribution in [0, 0.1) is 13.8 Å². The van der Waals surface area contributed by atoms with Gasteiger partial charge in [-0.15, -0.1) is 10.2 Å². The minimum Gasteiger partial charge on any atom is -0.312 e. The van der Waals surface area contributed by atoms with Crippen LogP contribution in [0.4, 0.5) is 5.69 Å². The molecule has 0 unspecified atom stereocenters. The van der Waals surface area contributed by atoms with E-state index in [9.17, 15) is 4.79 Å². The highest BCUT2D eigenvalue weighted by Gasteiger charge is 2.17. The molecule has 2 aromatic carbocycles. The largest absolute Gasteiger partial charge is 0.312 e. The summed E-state index contributed by atoms with van der Waals surface area (Å²) in [5.41, 5.74) is 5.10. The molecule has 0 saturated heterocycles. The van der Waals surface area contributed by atoms with E-state index in [1.165, 1.54) is 17.3 Å². The molecule has 6 heteroatoms. The van der Waals surface area contributed by atoms with E-state index < -0.39 is 0 Å². The van der Waals surface area contributed by atoms with Gasteiger partial charge in [0, 0.05) is 17.6 Å². The van der Waals surface area contributed by atoms with Gasteiger partial charge in [-0.05, 0) is 56.2 Å². The van der Waals surface area contributed by atoms with E-state index in [4.69, 9.17) is 0 Å². The quantitative estimate of drug-likeness (QED) is 0.466. The number of anilines is 1. The number of aryl methyl sites for hydroxylation is 2. The smallest absolute Gasteiger partial charge is 0.237 e. The van der Waals surface area contributed by atoms with Gasteiger partial charge < -0.3 is 4.90 Å². The van der Waals surface area contributed by atoms with Crippen molar-refractivity contribution in [2.24, 2.45) is 0 Å². The number of aromatic nitrogens is 3. The molecular weight excluding hydrogens is 368 g/mol. The zero-order valence-corrected chi connectivity index (χ0v) is 17.0. The van der Waals surface area contributed by atoms with Gasteiger partial charge >= 0.3 is 0 Å². The van der Waals surface area contributed by atoms with Gasteiger partial charge in [0.25, 0.3) is 0 Å². The van der Waals surface area contributed by atoms with Gasteiger partial charge in [0.1, 0.15) is 0 Å². The Morgan fingerprint density at radius 1 is 1.07 bits per heavy atom. The van der Waals surface area contributed by atoms with Gasteiger partial charge in [-0.3, -0.25) is 9.20 Å². The number of hydrogen-bond acceptors (Lipinski definition) is 4. The molecule has 142 valence electrons. The van der Waals surface area contributed by atoms with E-state index >= 15 is 0 Å². The SMILES string of the molecule is CCN(C(=O)CSc1nnc2cc(C)c3ccccc3n12)c1cccc(C)c1. The van der Waals surface area contributed by atoms with E-state index in [1.54, 1.807) is 0 Å². The highest BCUT2D eigenvalue weighted by atomic mass is 32.2. The molecule has 0 N–H and O–H groups in total. The van der Waals surface area contributed by atoms with E-state index in [0.717, 1.165) is 33.0 Å². The lowest BCUT2D eigenvalue weighted by Crippen LogP contribution is -2.32. The second-order valence-corrected chi connectivity index (χ2v) is 7.73. The third-order valence-electron chi connectivity index (χ3n) is 4.83. The van der Waals surface area contributed by atoms with Crippen LogP contribution in [-0.4, -0.2) is 32.8 Å². The Hall–Kier alpha value is -2.86. The fourth-order valence-electron chi connectivity index (χ4n) is 3.47. The number of carbonyl (C=O) groups is 1. The van der Waals surface area contributed by atoms with Crippen molar-refractivity contribution in [2.45, 2.75) is 25.9 Å². The number of thioether (sulfide) groups is 1. The van der Waals surface area contributed by atoms with Crippen LogP contribution >= 0.6 is 11.8 Å². The van der Waals surface area contributed by atoms with Crippen LogP contribution in [0.5, 0.6) is 0 Å². The number of para-hydroxylation sites is 1.